The van der Waals surface area contributed by atoms with Crippen LogP contribution in [0.2, 0.25) is 5.02 Å². The summed E-state index contributed by atoms with van der Waals surface area (Å²) < 4.78 is 0. The third-order valence-corrected chi connectivity index (χ3v) is 5.96. The van der Waals surface area contributed by atoms with Gasteiger partial charge >= 0.3 is 0 Å². The molecule has 0 bridgehead atoms. The predicted octanol–water partition coefficient (Wildman–Crippen LogP) is 5.09. The minimum Gasteiger partial charge on any atom is -0.369 e. The molecule has 2 heterocycles. The Morgan fingerprint density at radius 2 is 1.81 bits per heavy atom. The van der Waals surface area contributed by atoms with Crippen molar-refractivity contribution in [2.75, 3.05) is 31.1 Å². The molecule has 3 nitrogen and oxygen atoms in total. The third kappa shape index (κ3) is 4.09. The van der Waals surface area contributed by atoms with Crippen LogP contribution in [0.1, 0.15) is 11.3 Å². The van der Waals surface area contributed by atoms with Gasteiger partial charge in [-0.2, -0.15) is 0 Å². The summed E-state index contributed by atoms with van der Waals surface area (Å²) in [6, 6.07) is 16.7. The smallest absolute Gasteiger partial charge is 0.123 e. The Labute approximate surface area is 163 Å². The van der Waals surface area contributed by atoms with Gasteiger partial charge in [-0.1, -0.05) is 47.5 Å². The quantitative estimate of drug-likeness (QED) is 0.625. The lowest BCUT2D eigenvalue weighted by Crippen LogP contribution is -2.46. The van der Waals surface area contributed by atoms with E-state index >= 15 is 0 Å². The highest BCUT2D eigenvalue weighted by Gasteiger charge is 2.18. The zero-order valence-electron chi connectivity index (χ0n) is 14.9. The van der Waals surface area contributed by atoms with Gasteiger partial charge in [0.1, 0.15) is 5.01 Å². The van der Waals surface area contributed by atoms with Crippen LogP contribution in [0.5, 0.6) is 0 Å². The molecule has 0 atom stereocenters. The lowest BCUT2D eigenvalue weighted by atomic mass is 10.2. The Kier molecular flexibility index (Phi) is 5.25. The topological polar surface area (TPSA) is 19.4 Å². The molecule has 1 aromatic heterocycles. The van der Waals surface area contributed by atoms with Gasteiger partial charge in [-0.15, -0.1) is 11.3 Å². The maximum Gasteiger partial charge on any atom is 0.123 e. The molecule has 0 amide bonds. The zero-order valence-corrected chi connectivity index (χ0v) is 16.4. The molecule has 134 valence electrons. The van der Waals surface area contributed by atoms with Crippen LogP contribution in [0, 0.1) is 6.92 Å². The van der Waals surface area contributed by atoms with Crippen LogP contribution in [-0.2, 0) is 6.54 Å². The number of halogens is 1. The van der Waals surface area contributed by atoms with E-state index in [0.717, 1.165) is 42.8 Å². The number of nitrogens with zero attached hydrogens (tertiary/aromatic N) is 3. The molecular weight excluding hydrogens is 362 g/mol. The van der Waals surface area contributed by atoms with E-state index in [4.69, 9.17) is 16.6 Å². The van der Waals surface area contributed by atoms with Crippen molar-refractivity contribution in [1.29, 1.82) is 0 Å². The van der Waals surface area contributed by atoms with Gasteiger partial charge in [0.05, 0.1) is 5.69 Å². The van der Waals surface area contributed by atoms with Crippen molar-refractivity contribution in [1.82, 2.24) is 9.88 Å². The van der Waals surface area contributed by atoms with Crippen LogP contribution in [0.3, 0.4) is 0 Å². The average molecular weight is 384 g/mol. The molecule has 1 fully saturated rings. The van der Waals surface area contributed by atoms with Gasteiger partial charge in [0.15, 0.2) is 0 Å². The molecule has 0 saturated carbocycles. The van der Waals surface area contributed by atoms with Crippen LogP contribution in [0.15, 0.2) is 53.9 Å². The number of thiazole rings is 1. The molecule has 0 unspecified atom stereocenters. The molecule has 3 aromatic rings. The Balaban J connectivity index is 1.35. The molecule has 1 saturated heterocycles. The first-order chi connectivity index (χ1) is 12.7. The van der Waals surface area contributed by atoms with Crippen LogP contribution in [-0.4, -0.2) is 36.1 Å². The molecule has 0 N–H and O–H groups in total. The summed E-state index contributed by atoms with van der Waals surface area (Å²) in [7, 11) is 0. The van der Waals surface area contributed by atoms with Crippen molar-refractivity contribution in [3.05, 3.63) is 70.2 Å². The minimum absolute atomic E-state index is 0.802. The number of hydrogen-bond acceptors (Lipinski definition) is 4. The standard InChI is InChI=1S/C21H22ClN3S/c1-16-5-7-17(8-6-16)21-23-19(15-26-21)14-24-9-11-25(12-10-24)20-4-2-3-18(22)13-20/h2-8,13,15H,9-12,14H2,1H3. The van der Waals surface area contributed by atoms with Gasteiger partial charge in [-0.05, 0) is 25.1 Å². The van der Waals surface area contributed by atoms with Crippen LogP contribution in [0.4, 0.5) is 5.69 Å². The molecule has 26 heavy (non-hydrogen) atoms. The first kappa shape index (κ1) is 17.5. The Bertz CT molecular complexity index is 867. The third-order valence-electron chi connectivity index (χ3n) is 4.78. The zero-order chi connectivity index (χ0) is 17.9. The van der Waals surface area contributed by atoms with Crippen LogP contribution < -0.4 is 4.90 Å². The maximum atomic E-state index is 6.12. The summed E-state index contributed by atoms with van der Waals surface area (Å²) in [5, 5.41) is 4.10. The van der Waals surface area contributed by atoms with E-state index in [0.29, 0.717) is 0 Å². The summed E-state index contributed by atoms with van der Waals surface area (Å²) in [6.07, 6.45) is 0. The second kappa shape index (κ2) is 7.78. The van der Waals surface area contributed by atoms with E-state index in [-0.39, 0.29) is 0 Å². The second-order valence-corrected chi connectivity index (χ2v) is 8.05. The minimum atomic E-state index is 0.802. The van der Waals surface area contributed by atoms with E-state index < -0.39 is 0 Å². The summed E-state index contributed by atoms with van der Waals surface area (Å²) >= 11 is 7.85. The number of aryl methyl sites for hydroxylation is 1. The molecule has 0 aliphatic carbocycles. The maximum absolute atomic E-state index is 6.12. The number of aromatic nitrogens is 1. The summed E-state index contributed by atoms with van der Waals surface area (Å²) in [4.78, 5) is 9.72. The van der Waals surface area contributed by atoms with Crippen LogP contribution >= 0.6 is 22.9 Å². The van der Waals surface area contributed by atoms with Gasteiger partial charge in [0.2, 0.25) is 0 Å². The molecule has 1 aliphatic rings. The van der Waals surface area contributed by atoms with Crippen molar-refractivity contribution in [3.8, 4) is 10.6 Å². The highest BCUT2D eigenvalue weighted by molar-refractivity contribution is 7.13. The van der Waals surface area contributed by atoms with E-state index in [1.165, 1.54) is 22.5 Å². The van der Waals surface area contributed by atoms with Crippen molar-refractivity contribution in [3.63, 3.8) is 0 Å². The van der Waals surface area contributed by atoms with Gasteiger partial charge in [-0.25, -0.2) is 4.98 Å². The van der Waals surface area contributed by atoms with E-state index in [2.05, 4.69) is 52.4 Å². The number of hydrogen-bond donors (Lipinski definition) is 0. The summed E-state index contributed by atoms with van der Waals surface area (Å²) in [5.41, 5.74) is 4.87. The lowest BCUT2D eigenvalue weighted by Gasteiger charge is -2.35. The Morgan fingerprint density at radius 1 is 1.04 bits per heavy atom. The second-order valence-electron chi connectivity index (χ2n) is 6.75. The number of piperazine rings is 1. The predicted molar refractivity (Wildman–Crippen MR) is 111 cm³/mol. The van der Waals surface area contributed by atoms with Crippen molar-refractivity contribution < 1.29 is 0 Å². The van der Waals surface area contributed by atoms with E-state index in [1.54, 1.807) is 11.3 Å². The Hall–Kier alpha value is -1.88. The van der Waals surface area contributed by atoms with Crippen molar-refractivity contribution >= 4 is 28.6 Å². The number of anilines is 1. The normalized spacial score (nSPS) is 15.4. The molecule has 1 aliphatic heterocycles. The van der Waals surface area contributed by atoms with Crippen molar-refractivity contribution in [2.24, 2.45) is 0 Å². The fraction of sp³-hybridized carbons (Fsp3) is 0.286. The molecule has 5 heteroatoms. The van der Waals surface area contributed by atoms with Gasteiger partial charge < -0.3 is 4.90 Å². The molecule has 4 rings (SSSR count). The van der Waals surface area contributed by atoms with Crippen molar-refractivity contribution in [2.45, 2.75) is 13.5 Å². The first-order valence-electron chi connectivity index (χ1n) is 8.92. The molecular formula is C21H22ClN3S. The molecule has 0 spiro atoms. The summed E-state index contributed by atoms with van der Waals surface area (Å²) in [5.74, 6) is 0. The van der Waals surface area contributed by atoms with Gasteiger partial charge in [0, 0.05) is 54.4 Å². The summed E-state index contributed by atoms with van der Waals surface area (Å²) in [6.45, 7) is 7.17. The SMILES string of the molecule is Cc1ccc(-c2nc(CN3CCN(c4cccc(Cl)c4)CC3)cs2)cc1. The fourth-order valence-corrected chi connectivity index (χ4v) is 4.28. The van der Waals surface area contributed by atoms with Gasteiger partial charge in [0.25, 0.3) is 0 Å². The van der Waals surface area contributed by atoms with Crippen LogP contribution in [0.25, 0.3) is 10.6 Å². The monoisotopic (exact) mass is 383 g/mol. The van der Waals surface area contributed by atoms with E-state index in [9.17, 15) is 0 Å². The van der Waals surface area contributed by atoms with Gasteiger partial charge in [-0.3, -0.25) is 4.90 Å². The van der Waals surface area contributed by atoms with E-state index in [1.807, 2.05) is 18.2 Å². The lowest BCUT2D eigenvalue weighted by molar-refractivity contribution is 0.247. The molecule has 2 aromatic carbocycles. The highest BCUT2D eigenvalue weighted by atomic mass is 35.5. The average Bonchev–Trinajstić information content (AvgIpc) is 3.11. The largest absolute Gasteiger partial charge is 0.369 e. The molecule has 0 radical (unpaired) electrons. The first-order valence-corrected chi connectivity index (χ1v) is 10.2. The Morgan fingerprint density at radius 3 is 2.54 bits per heavy atom. The number of rotatable bonds is 4. The number of benzene rings is 2. The highest BCUT2D eigenvalue weighted by Crippen LogP contribution is 2.25. The fourth-order valence-electron chi connectivity index (χ4n) is 3.27.